The number of anilines is 3. The molecule has 0 radical (unpaired) electrons. The predicted molar refractivity (Wildman–Crippen MR) is 163 cm³/mol. The molecule has 0 unspecified atom stereocenters. The van der Waals surface area contributed by atoms with Gasteiger partial charge in [-0.3, -0.25) is 4.79 Å². The number of nitrogens with one attached hydrogen (secondary N) is 2. The second-order valence-corrected chi connectivity index (χ2v) is 11.4. The van der Waals surface area contributed by atoms with E-state index in [1.807, 2.05) is 25.2 Å². The lowest BCUT2D eigenvalue weighted by Gasteiger charge is -2.44. The summed E-state index contributed by atoms with van der Waals surface area (Å²) in [6.07, 6.45) is 3.48. The van der Waals surface area contributed by atoms with E-state index < -0.39 is 5.82 Å². The van der Waals surface area contributed by atoms with Crippen LogP contribution in [0.2, 0.25) is 0 Å². The summed E-state index contributed by atoms with van der Waals surface area (Å²) in [5.41, 5.74) is 3.08. The average Bonchev–Trinajstić information content (AvgIpc) is 3.37. The summed E-state index contributed by atoms with van der Waals surface area (Å²) in [5.74, 6) is 1.42. The van der Waals surface area contributed by atoms with Crippen LogP contribution in [0.25, 0.3) is 22.1 Å². The highest BCUT2D eigenvalue weighted by Gasteiger charge is 2.37. The molecule has 1 atom stereocenters. The number of benzene rings is 2. The zero-order chi connectivity index (χ0) is 30.3. The number of carbonyl (C=O) groups excluding carboxylic acids is 1. The van der Waals surface area contributed by atoms with E-state index >= 15 is 4.39 Å². The molecule has 1 amide bonds. The van der Waals surface area contributed by atoms with E-state index in [0.717, 1.165) is 17.8 Å². The number of carbonyl (C=O) groups is 1. The number of aromatic nitrogens is 6. The van der Waals surface area contributed by atoms with Crippen molar-refractivity contribution in [1.82, 2.24) is 35.3 Å². The Morgan fingerprint density at radius 1 is 1.16 bits per heavy atom. The lowest BCUT2D eigenvalue weighted by atomic mass is 9.79. The number of piperidine rings is 1. The van der Waals surface area contributed by atoms with Crippen molar-refractivity contribution >= 4 is 45.3 Å². The van der Waals surface area contributed by atoms with Crippen LogP contribution in [0, 0.1) is 18.2 Å². The van der Waals surface area contributed by atoms with Gasteiger partial charge in [-0.05, 0) is 55.8 Å². The van der Waals surface area contributed by atoms with Crippen LogP contribution in [0.15, 0.2) is 61.4 Å². The first-order chi connectivity index (χ1) is 20.6. The monoisotopic (exact) mass is 581 g/mol. The van der Waals surface area contributed by atoms with E-state index in [1.54, 1.807) is 35.9 Å². The van der Waals surface area contributed by atoms with Gasteiger partial charge in [-0.15, -0.1) is 5.10 Å². The fourth-order valence-corrected chi connectivity index (χ4v) is 5.46. The zero-order valence-corrected chi connectivity index (χ0v) is 24.4. The lowest BCUT2D eigenvalue weighted by Crippen LogP contribution is -2.55. The lowest BCUT2D eigenvalue weighted by molar-refractivity contribution is -0.118. The smallest absolute Gasteiger partial charge is 0.243 e. The number of pyridine rings is 1. The van der Waals surface area contributed by atoms with E-state index in [4.69, 9.17) is 9.72 Å². The highest BCUT2D eigenvalue weighted by Crippen LogP contribution is 2.35. The van der Waals surface area contributed by atoms with Crippen molar-refractivity contribution in [3.8, 4) is 11.5 Å². The molecule has 1 aliphatic heterocycles. The van der Waals surface area contributed by atoms with Gasteiger partial charge < -0.3 is 20.3 Å². The van der Waals surface area contributed by atoms with Crippen molar-refractivity contribution in [2.75, 3.05) is 23.3 Å². The summed E-state index contributed by atoms with van der Waals surface area (Å²) in [6, 6.07) is 12.6. The van der Waals surface area contributed by atoms with Gasteiger partial charge in [0, 0.05) is 43.2 Å². The molecule has 0 spiro atoms. The molecule has 1 aliphatic rings. The highest BCUT2D eigenvalue weighted by atomic mass is 19.1. The summed E-state index contributed by atoms with van der Waals surface area (Å²) < 4.78 is 23.3. The molecule has 0 saturated carbocycles. The molecule has 1 fully saturated rings. The summed E-state index contributed by atoms with van der Waals surface area (Å²) in [4.78, 5) is 27.8. The third-order valence-electron chi connectivity index (χ3n) is 7.92. The van der Waals surface area contributed by atoms with Gasteiger partial charge in [0.15, 0.2) is 11.6 Å². The maximum absolute atomic E-state index is 15.6. The Morgan fingerprint density at radius 2 is 2.00 bits per heavy atom. The molecular weight excluding hydrogens is 549 g/mol. The van der Waals surface area contributed by atoms with Crippen molar-refractivity contribution in [3.05, 3.63) is 72.8 Å². The first-order valence-electron chi connectivity index (χ1n) is 14.0. The second kappa shape index (κ2) is 10.9. The van der Waals surface area contributed by atoms with Crippen LogP contribution in [0.5, 0.6) is 11.5 Å². The van der Waals surface area contributed by atoms with Crippen LogP contribution in [0.4, 0.5) is 21.7 Å². The van der Waals surface area contributed by atoms with Gasteiger partial charge in [0.05, 0.1) is 16.7 Å². The van der Waals surface area contributed by atoms with E-state index in [9.17, 15) is 4.79 Å². The molecule has 0 aliphatic carbocycles. The van der Waals surface area contributed by atoms with Crippen molar-refractivity contribution in [1.29, 1.82) is 0 Å². The van der Waals surface area contributed by atoms with Crippen molar-refractivity contribution in [2.45, 2.75) is 33.2 Å². The molecule has 2 N–H and O–H groups in total. The van der Waals surface area contributed by atoms with Crippen LogP contribution in [0.1, 0.15) is 25.8 Å². The van der Waals surface area contributed by atoms with Gasteiger partial charge in [-0.25, -0.2) is 24.0 Å². The predicted octanol–water partition coefficient (Wildman–Crippen LogP) is 5.20. The Balaban J connectivity index is 1.24. The highest BCUT2D eigenvalue weighted by molar-refractivity contribution is 5.88. The summed E-state index contributed by atoms with van der Waals surface area (Å²) in [5, 5.41) is 14.3. The number of ether oxygens (including phenoxy) is 1. The van der Waals surface area contributed by atoms with Crippen molar-refractivity contribution in [2.24, 2.45) is 12.5 Å². The first kappa shape index (κ1) is 28.0. The quantitative estimate of drug-likeness (QED) is 0.250. The van der Waals surface area contributed by atoms with Gasteiger partial charge in [0.1, 0.15) is 34.7 Å². The van der Waals surface area contributed by atoms with Crippen molar-refractivity contribution in [3.63, 3.8) is 0 Å². The fourth-order valence-electron chi connectivity index (χ4n) is 5.46. The van der Waals surface area contributed by atoms with Crippen LogP contribution in [-0.2, 0) is 11.8 Å². The largest absolute Gasteiger partial charge is 0.457 e. The second-order valence-electron chi connectivity index (χ2n) is 11.4. The molecule has 3 aromatic heterocycles. The molecule has 220 valence electrons. The molecule has 12 heteroatoms. The minimum absolute atomic E-state index is 0.0170. The first-order valence-corrected chi connectivity index (χ1v) is 14.0. The maximum Gasteiger partial charge on any atom is 0.243 e. The number of halogens is 1. The average molecular weight is 582 g/mol. The van der Waals surface area contributed by atoms with Crippen LogP contribution in [-0.4, -0.2) is 55.0 Å². The van der Waals surface area contributed by atoms with Crippen LogP contribution in [0.3, 0.4) is 0 Å². The van der Waals surface area contributed by atoms with Gasteiger partial charge in [-0.2, -0.15) is 0 Å². The molecule has 6 rings (SSSR count). The van der Waals surface area contributed by atoms with Crippen LogP contribution >= 0.6 is 0 Å². The Kier molecular flexibility index (Phi) is 7.12. The number of amides is 1. The fraction of sp³-hybridized carbons (Fsp3) is 0.290. The standard InChI is InChI=1S/C31H32FN9O2/c1-6-27(42)36-25-13-14-41(16-31(25,3)4)26-12-9-21-29(37-26)30(34-17-33-21)35-20-8-11-24(18(2)28(20)32)43-19-7-10-23-22(15-19)38-39-40(23)5/h6-12,15,17,25H,1,13-14,16H2,2-5H3,(H,36,42)(H,33,34,35)/t25-/m0/s1. The van der Waals surface area contributed by atoms with E-state index in [2.05, 4.69) is 56.2 Å². The van der Waals surface area contributed by atoms with Gasteiger partial charge in [0.2, 0.25) is 5.91 Å². The molecule has 43 heavy (non-hydrogen) atoms. The van der Waals surface area contributed by atoms with Crippen LogP contribution < -0.4 is 20.3 Å². The summed E-state index contributed by atoms with van der Waals surface area (Å²) in [7, 11) is 1.81. The minimum Gasteiger partial charge on any atom is -0.457 e. The molecule has 2 aromatic carbocycles. The molecule has 4 heterocycles. The van der Waals surface area contributed by atoms with Gasteiger partial charge in [0.25, 0.3) is 0 Å². The molecule has 1 saturated heterocycles. The third kappa shape index (κ3) is 5.43. The summed E-state index contributed by atoms with van der Waals surface area (Å²) in [6.45, 7) is 10.9. The van der Waals surface area contributed by atoms with E-state index in [1.165, 1.54) is 12.4 Å². The Morgan fingerprint density at radius 3 is 2.79 bits per heavy atom. The summed E-state index contributed by atoms with van der Waals surface area (Å²) >= 11 is 0. The maximum atomic E-state index is 15.6. The minimum atomic E-state index is -0.466. The third-order valence-corrected chi connectivity index (χ3v) is 7.92. The molecule has 5 aromatic rings. The Hall–Kier alpha value is -5.13. The van der Waals surface area contributed by atoms with E-state index in [0.29, 0.717) is 52.5 Å². The number of hydrogen-bond acceptors (Lipinski definition) is 9. The molecular formula is C31H32FN9O2. The number of nitrogens with zero attached hydrogens (tertiary/aromatic N) is 7. The Labute approximate surface area is 247 Å². The number of aryl methyl sites for hydroxylation is 1. The molecule has 11 nitrogen and oxygen atoms in total. The van der Waals surface area contributed by atoms with Gasteiger partial charge >= 0.3 is 0 Å². The van der Waals surface area contributed by atoms with Crippen molar-refractivity contribution < 1.29 is 13.9 Å². The number of fused-ring (bicyclic) bond motifs is 2. The number of hydrogen-bond donors (Lipinski definition) is 2. The topological polar surface area (TPSA) is 123 Å². The zero-order valence-electron chi connectivity index (χ0n) is 24.4. The SMILES string of the molecule is C=CC(=O)N[C@H]1CCN(c2ccc3ncnc(Nc4ccc(Oc5ccc6c(c5)nnn6C)c(C)c4F)c3n2)CC1(C)C. The van der Waals surface area contributed by atoms with E-state index in [-0.39, 0.29) is 23.1 Å². The van der Waals surface area contributed by atoms with Gasteiger partial charge in [-0.1, -0.05) is 25.6 Å². The Bertz CT molecular complexity index is 1870. The molecule has 0 bridgehead atoms. The normalized spacial score (nSPS) is 16.3. The number of rotatable bonds is 7.